The van der Waals surface area contributed by atoms with E-state index in [0.29, 0.717) is 17.9 Å². The second-order valence-electron chi connectivity index (χ2n) is 9.06. The molecule has 1 saturated carbocycles. The number of hydrogen-bond donors (Lipinski definition) is 0. The fourth-order valence-corrected chi connectivity index (χ4v) is 6.28. The van der Waals surface area contributed by atoms with Crippen LogP contribution in [0.3, 0.4) is 0 Å². The number of carbonyl (C=O) groups is 1. The molecule has 0 spiro atoms. The van der Waals surface area contributed by atoms with E-state index in [9.17, 15) is 4.79 Å². The number of fused-ring (bicyclic) bond motifs is 1. The highest BCUT2D eigenvalue weighted by Crippen LogP contribution is 2.37. The number of aromatic nitrogens is 2. The van der Waals surface area contributed by atoms with E-state index in [0.717, 1.165) is 23.9 Å². The summed E-state index contributed by atoms with van der Waals surface area (Å²) < 4.78 is 0. The first-order chi connectivity index (χ1) is 15.1. The Morgan fingerprint density at radius 1 is 1.10 bits per heavy atom. The largest absolute Gasteiger partial charge is 0.335 e. The van der Waals surface area contributed by atoms with Gasteiger partial charge in [0.2, 0.25) is 0 Å². The van der Waals surface area contributed by atoms with Crippen molar-refractivity contribution in [1.82, 2.24) is 14.9 Å². The van der Waals surface area contributed by atoms with Crippen molar-refractivity contribution in [2.45, 2.75) is 96.9 Å². The van der Waals surface area contributed by atoms with Gasteiger partial charge in [0, 0.05) is 35.2 Å². The molecule has 1 aliphatic heterocycles. The van der Waals surface area contributed by atoms with Crippen LogP contribution in [0.5, 0.6) is 0 Å². The van der Waals surface area contributed by atoms with E-state index in [1.54, 1.807) is 18.5 Å². The van der Waals surface area contributed by atoms with Gasteiger partial charge in [0.15, 0.2) is 0 Å². The number of nitrogens with zero attached hydrogens (tertiary/aromatic N) is 3. The summed E-state index contributed by atoms with van der Waals surface area (Å²) in [6.07, 6.45) is 16.1. The van der Waals surface area contributed by atoms with Crippen LogP contribution in [0.15, 0.2) is 29.9 Å². The van der Waals surface area contributed by atoms with Crippen molar-refractivity contribution < 1.29 is 4.79 Å². The zero-order valence-corrected chi connectivity index (χ0v) is 20.4. The van der Waals surface area contributed by atoms with Gasteiger partial charge in [-0.25, -0.2) is 9.97 Å². The molecule has 3 heterocycles. The number of amides is 1. The highest BCUT2D eigenvalue weighted by atomic mass is 32.1. The monoisotopic (exact) mass is 441 g/mol. The molecule has 0 aromatic carbocycles. The van der Waals surface area contributed by atoms with Gasteiger partial charge in [-0.15, -0.1) is 11.3 Å². The first-order valence-electron chi connectivity index (χ1n) is 12.3. The molecule has 1 amide bonds. The van der Waals surface area contributed by atoms with Gasteiger partial charge in [-0.3, -0.25) is 4.79 Å². The van der Waals surface area contributed by atoms with Crippen LogP contribution in [0.4, 0.5) is 0 Å². The Morgan fingerprint density at radius 2 is 1.77 bits per heavy atom. The fraction of sp³-hybridized carbons (Fsp3) is 0.654. The Labute approximate surface area is 192 Å². The van der Waals surface area contributed by atoms with Crippen molar-refractivity contribution >= 4 is 17.2 Å². The molecule has 4 nitrogen and oxygen atoms in total. The summed E-state index contributed by atoms with van der Waals surface area (Å²) in [5.41, 5.74) is 0.957. The van der Waals surface area contributed by atoms with Crippen LogP contribution in [-0.4, -0.2) is 33.4 Å². The summed E-state index contributed by atoms with van der Waals surface area (Å²) in [6, 6.07) is 4.54. The molecule has 0 radical (unpaired) electrons. The van der Waals surface area contributed by atoms with Crippen molar-refractivity contribution in [3.05, 3.63) is 46.2 Å². The lowest BCUT2D eigenvalue weighted by atomic mass is 9.78. The Kier molecular flexibility index (Phi) is 9.51. The maximum absolute atomic E-state index is 13.1. The zero-order chi connectivity index (χ0) is 22.1. The molecule has 0 N–H and O–H groups in total. The van der Waals surface area contributed by atoms with E-state index in [-0.39, 0.29) is 0 Å². The number of rotatable bonds is 6. The number of likely N-dealkylation sites (tertiary alicyclic amines) is 1. The van der Waals surface area contributed by atoms with Gasteiger partial charge in [-0.05, 0) is 69.4 Å². The third kappa shape index (κ3) is 6.61. The molecule has 2 fully saturated rings. The molecule has 4 rings (SSSR count). The molecule has 2 aromatic rings. The number of carbonyl (C=O) groups excluding carboxylic acids is 1. The molecule has 2 aromatic heterocycles. The molecule has 1 saturated heterocycles. The maximum atomic E-state index is 13.1. The second kappa shape index (κ2) is 12.3. The van der Waals surface area contributed by atoms with Gasteiger partial charge < -0.3 is 4.90 Å². The second-order valence-corrected chi connectivity index (χ2v) is 10.0. The fourth-order valence-electron chi connectivity index (χ4n) is 5.22. The van der Waals surface area contributed by atoms with E-state index < -0.39 is 0 Å². The van der Waals surface area contributed by atoms with Crippen molar-refractivity contribution in [3.8, 4) is 0 Å². The predicted molar refractivity (Wildman–Crippen MR) is 130 cm³/mol. The minimum absolute atomic E-state index is 0.306. The summed E-state index contributed by atoms with van der Waals surface area (Å²) in [6.45, 7) is 7.36. The summed E-state index contributed by atoms with van der Waals surface area (Å²) in [5, 5.41) is 2.13. The summed E-state index contributed by atoms with van der Waals surface area (Å²) in [7, 11) is 0. The van der Waals surface area contributed by atoms with Crippen molar-refractivity contribution in [3.63, 3.8) is 0 Å². The standard InChI is InChI=1S/C21H33NOS.C5H6N2/c1-3-8-17(9-4-2)20-14-18(15-24-20)21(23)22-13-7-11-16-10-5-6-12-19(16)22;1-5-6-3-2-4-7-5/h14-17,19H,3-13H2,1-2H3;2-4H,1H3. The number of aryl methyl sites for hydroxylation is 1. The van der Waals surface area contributed by atoms with E-state index in [2.05, 4.69) is 40.2 Å². The van der Waals surface area contributed by atoms with Crippen LogP contribution in [0.25, 0.3) is 0 Å². The van der Waals surface area contributed by atoms with Gasteiger partial charge >= 0.3 is 0 Å². The van der Waals surface area contributed by atoms with Gasteiger partial charge in [0.05, 0.1) is 5.56 Å². The normalized spacial score (nSPS) is 20.7. The van der Waals surface area contributed by atoms with Crippen LogP contribution in [0, 0.1) is 12.8 Å². The first kappa shape index (κ1) is 23.9. The molecule has 31 heavy (non-hydrogen) atoms. The molecular weight excluding hydrogens is 402 g/mol. The quantitative estimate of drug-likeness (QED) is 0.484. The van der Waals surface area contributed by atoms with Crippen molar-refractivity contribution in [1.29, 1.82) is 0 Å². The minimum atomic E-state index is 0.306. The highest BCUT2D eigenvalue weighted by Gasteiger charge is 2.36. The SMILES string of the molecule is CCCC(CCC)c1cc(C(=O)N2CCCC3CCCCC32)cs1.Cc1ncccn1. The van der Waals surface area contributed by atoms with Crippen molar-refractivity contribution in [2.24, 2.45) is 5.92 Å². The van der Waals surface area contributed by atoms with Crippen molar-refractivity contribution in [2.75, 3.05) is 6.54 Å². The lowest BCUT2D eigenvalue weighted by Crippen LogP contribution is -2.49. The summed E-state index contributed by atoms with van der Waals surface area (Å²) >= 11 is 1.81. The predicted octanol–water partition coefficient (Wildman–Crippen LogP) is 7.01. The first-order valence-corrected chi connectivity index (χ1v) is 13.1. The Bertz CT molecular complexity index is 783. The third-order valence-electron chi connectivity index (χ3n) is 6.74. The lowest BCUT2D eigenvalue weighted by Gasteiger charge is -2.44. The zero-order valence-electron chi connectivity index (χ0n) is 19.6. The van der Waals surface area contributed by atoms with Crippen LogP contribution >= 0.6 is 11.3 Å². The van der Waals surface area contributed by atoms with Gasteiger partial charge in [0.1, 0.15) is 5.82 Å². The minimum Gasteiger partial charge on any atom is -0.335 e. The van der Waals surface area contributed by atoms with E-state index in [1.165, 1.54) is 69.1 Å². The van der Waals surface area contributed by atoms with Gasteiger partial charge in [-0.1, -0.05) is 39.5 Å². The Hall–Kier alpha value is -1.75. The maximum Gasteiger partial charge on any atom is 0.254 e. The molecule has 2 unspecified atom stereocenters. The molecule has 5 heteroatoms. The number of piperidine rings is 1. The van der Waals surface area contributed by atoms with Crippen LogP contribution in [0.2, 0.25) is 0 Å². The van der Waals surface area contributed by atoms with Crippen LogP contribution in [-0.2, 0) is 0 Å². The number of hydrogen-bond acceptors (Lipinski definition) is 4. The molecule has 2 aliphatic rings. The van der Waals surface area contributed by atoms with Crippen LogP contribution < -0.4 is 0 Å². The molecule has 1 aliphatic carbocycles. The average Bonchev–Trinajstić information content (AvgIpc) is 3.29. The number of thiophene rings is 1. The summed E-state index contributed by atoms with van der Waals surface area (Å²) in [5.74, 6) is 2.54. The molecule has 0 bridgehead atoms. The van der Waals surface area contributed by atoms with E-state index in [1.807, 2.05) is 18.3 Å². The summed E-state index contributed by atoms with van der Waals surface area (Å²) in [4.78, 5) is 24.5. The molecular formula is C26H39N3OS. The van der Waals surface area contributed by atoms with Crippen LogP contribution in [0.1, 0.15) is 105 Å². The third-order valence-corrected chi connectivity index (χ3v) is 7.84. The lowest BCUT2D eigenvalue weighted by molar-refractivity contribution is 0.0391. The highest BCUT2D eigenvalue weighted by molar-refractivity contribution is 7.10. The van der Waals surface area contributed by atoms with Gasteiger partial charge in [-0.2, -0.15) is 0 Å². The van der Waals surface area contributed by atoms with E-state index >= 15 is 0 Å². The average molecular weight is 442 g/mol. The molecule has 2 atom stereocenters. The topological polar surface area (TPSA) is 46.1 Å². The Morgan fingerprint density at radius 3 is 2.42 bits per heavy atom. The smallest absolute Gasteiger partial charge is 0.254 e. The van der Waals surface area contributed by atoms with Gasteiger partial charge in [0.25, 0.3) is 5.91 Å². The molecule has 170 valence electrons. The van der Waals surface area contributed by atoms with E-state index in [4.69, 9.17) is 0 Å². The Balaban J connectivity index is 0.000000330.